The van der Waals surface area contributed by atoms with Gasteiger partial charge in [0.1, 0.15) is 0 Å². The first-order valence-electron chi connectivity index (χ1n) is 5.85. The van der Waals surface area contributed by atoms with Crippen LogP contribution < -0.4 is 0 Å². The summed E-state index contributed by atoms with van der Waals surface area (Å²) in [6, 6.07) is 0.145. The number of sulfone groups is 1. The lowest BCUT2D eigenvalue weighted by Gasteiger charge is -2.36. The predicted molar refractivity (Wildman–Crippen MR) is 62.7 cm³/mol. The maximum atomic E-state index is 11.4. The Morgan fingerprint density at radius 1 is 1.24 bits per heavy atom. The van der Waals surface area contributed by atoms with Gasteiger partial charge in [-0.1, -0.05) is 0 Å². The molecule has 0 aromatic heterocycles. The van der Waals surface area contributed by atoms with Crippen molar-refractivity contribution >= 4 is 15.8 Å². The summed E-state index contributed by atoms with van der Waals surface area (Å²) < 4.78 is 22.8. The number of rotatable bonds is 3. The fraction of sp³-hybridized carbons (Fsp3) is 0.900. The molecule has 0 amide bonds. The van der Waals surface area contributed by atoms with E-state index in [1.54, 1.807) is 0 Å². The third-order valence-corrected chi connectivity index (χ3v) is 5.24. The minimum absolute atomic E-state index is 0.0802. The quantitative estimate of drug-likeness (QED) is 0.694. The third-order valence-electron chi connectivity index (χ3n) is 3.49. The Morgan fingerprint density at radius 3 is 2.35 bits per heavy atom. The van der Waals surface area contributed by atoms with E-state index in [-0.39, 0.29) is 18.3 Å². The van der Waals surface area contributed by atoms with Gasteiger partial charge >= 0.3 is 5.97 Å². The number of carboxylic acids is 1. The normalized spacial score (nSPS) is 30.5. The van der Waals surface area contributed by atoms with E-state index in [1.807, 2.05) is 4.90 Å². The van der Waals surface area contributed by atoms with Crippen LogP contribution in [-0.4, -0.2) is 79.6 Å². The number of hydrogen-bond acceptors (Lipinski definition) is 5. The van der Waals surface area contributed by atoms with E-state index in [2.05, 4.69) is 4.90 Å². The first kappa shape index (κ1) is 12.8. The molecule has 1 atom stereocenters. The zero-order chi connectivity index (χ0) is 12.5. The summed E-state index contributed by atoms with van der Waals surface area (Å²) in [4.78, 5) is 14.6. The van der Waals surface area contributed by atoms with Gasteiger partial charge in [-0.15, -0.1) is 0 Å². The number of piperazine rings is 1. The maximum Gasteiger partial charge on any atom is 0.317 e. The van der Waals surface area contributed by atoms with Crippen LogP contribution in [0.25, 0.3) is 0 Å². The molecule has 0 saturated carbocycles. The second-order valence-corrected chi connectivity index (χ2v) is 6.99. The molecule has 0 aromatic carbocycles. The predicted octanol–water partition coefficient (Wildman–Crippen LogP) is -1.12. The summed E-state index contributed by atoms with van der Waals surface area (Å²) in [7, 11) is -2.83. The molecule has 6 nitrogen and oxygen atoms in total. The number of nitrogens with zero attached hydrogens (tertiary/aromatic N) is 2. The minimum Gasteiger partial charge on any atom is -0.480 e. The summed E-state index contributed by atoms with van der Waals surface area (Å²) in [6.45, 7) is 3.05. The molecule has 0 spiro atoms. The number of carbonyl (C=O) groups is 1. The van der Waals surface area contributed by atoms with E-state index in [0.29, 0.717) is 18.8 Å². The first-order chi connectivity index (χ1) is 7.96. The largest absolute Gasteiger partial charge is 0.480 e. The second kappa shape index (κ2) is 4.91. The molecule has 0 radical (unpaired) electrons. The van der Waals surface area contributed by atoms with Crippen LogP contribution in [0.4, 0.5) is 0 Å². The second-order valence-electron chi connectivity index (χ2n) is 4.76. The highest BCUT2D eigenvalue weighted by molar-refractivity contribution is 7.91. The average Bonchev–Trinajstić information content (AvgIpc) is 2.59. The van der Waals surface area contributed by atoms with E-state index in [9.17, 15) is 13.2 Å². The topological polar surface area (TPSA) is 77.9 Å². The van der Waals surface area contributed by atoms with Gasteiger partial charge in [-0.25, -0.2) is 8.42 Å². The van der Waals surface area contributed by atoms with Crippen LogP contribution >= 0.6 is 0 Å². The van der Waals surface area contributed by atoms with Crippen LogP contribution in [0.5, 0.6) is 0 Å². The fourth-order valence-corrected chi connectivity index (χ4v) is 4.30. The molecule has 0 aromatic rings. The van der Waals surface area contributed by atoms with Crippen molar-refractivity contribution in [1.82, 2.24) is 9.80 Å². The highest BCUT2D eigenvalue weighted by atomic mass is 32.2. The van der Waals surface area contributed by atoms with Gasteiger partial charge < -0.3 is 5.11 Å². The molecule has 17 heavy (non-hydrogen) atoms. The zero-order valence-corrected chi connectivity index (χ0v) is 10.5. The van der Waals surface area contributed by atoms with Crippen molar-refractivity contribution in [3.8, 4) is 0 Å². The zero-order valence-electron chi connectivity index (χ0n) is 9.71. The summed E-state index contributed by atoms with van der Waals surface area (Å²) in [6.07, 6.45) is 0.723. The molecule has 7 heteroatoms. The van der Waals surface area contributed by atoms with Gasteiger partial charge in [0.2, 0.25) is 0 Å². The summed E-state index contributed by atoms with van der Waals surface area (Å²) >= 11 is 0. The van der Waals surface area contributed by atoms with Crippen molar-refractivity contribution in [3.63, 3.8) is 0 Å². The molecule has 2 rings (SSSR count). The van der Waals surface area contributed by atoms with Gasteiger partial charge in [0.05, 0.1) is 18.1 Å². The summed E-state index contributed by atoms with van der Waals surface area (Å²) in [5, 5.41) is 8.68. The number of hydrogen-bond donors (Lipinski definition) is 1. The molecule has 0 aliphatic carbocycles. The maximum absolute atomic E-state index is 11.4. The van der Waals surface area contributed by atoms with Crippen LogP contribution in [0.15, 0.2) is 0 Å². The van der Waals surface area contributed by atoms with Gasteiger partial charge in [-0.05, 0) is 6.42 Å². The SMILES string of the molecule is O=C(O)CN1CCN(C2CCS(=O)(=O)C2)CC1. The van der Waals surface area contributed by atoms with Crippen LogP contribution in [0.3, 0.4) is 0 Å². The Morgan fingerprint density at radius 2 is 1.88 bits per heavy atom. The first-order valence-corrected chi connectivity index (χ1v) is 7.67. The molecule has 2 heterocycles. The molecule has 2 aliphatic rings. The van der Waals surface area contributed by atoms with E-state index < -0.39 is 15.8 Å². The molecule has 2 fully saturated rings. The monoisotopic (exact) mass is 262 g/mol. The van der Waals surface area contributed by atoms with Crippen molar-refractivity contribution in [1.29, 1.82) is 0 Å². The van der Waals surface area contributed by atoms with Crippen LogP contribution in [-0.2, 0) is 14.6 Å². The number of aliphatic carboxylic acids is 1. The van der Waals surface area contributed by atoms with E-state index >= 15 is 0 Å². The summed E-state index contributed by atoms with van der Waals surface area (Å²) in [5.74, 6) is -0.235. The Labute approximate surface area is 101 Å². The molecular formula is C10H18N2O4S. The highest BCUT2D eigenvalue weighted by Crippen LogP contribution is 2.19. The Hall–Kier alpha value is -0.660. The van der Waals surface area contributed by atoms with Crippen LogP contribution in [0.1, 0.15) is 6.42 Å². The third kappa shape index (κ3) is 3.40. The Balaban J connectivity index is 1.81. The lowest BCUT2D eigenvalue weighted by Crippen LogP contribution is -2.51. The Kier molecular flexibility index (Phi) is 3.70. The van der Waals surface area contributed by atoms with Crippen molar-refractivity contribution < 1.29 is 18.3 Å². The smallest absolute Gasteiger partial charge is 0.317 e. The van der Waals surface area contributed by atoms with E-state index in [0.717, 1.165) is 19.5 Å². The minimum atomic E-state index is -2.83. The van der Waals surface area contributed by atoms with Crippen molar-refractivity contribution in [3.05, 3.63) is 0 Å². The molecule has 2 aliphatic heterocycles. The van der Waals surface area contributed by atoms with Crippen molar-refractivity contribution in [2.75, 3.05) is 44.2 Å². The van der Waals surface area contributed by atoms with E-state index in [4.69, 9.17) is 5.11 Å². The molecule has 1 N–H and O–H groups in total. The van der Waals surface area contributed by atoms with Crippen molar-refractivity contribution in [2.45, 2.75) is 12.5 Å². The lowest BCUT2D eigenvalue weighted by atomic mass is 10.2. The molecule has 98 valence electrons. The fourth-order valence-electron chi connectivity index (χ4n) is 2.54. The average molecular weight is 262 g/mol. The standard InChI is InChI=1S/C10H18N2O4S/c13-10(14)7-11-2-4-12(5-3-11)9-1-6-17(15,16)8-9/h9H,1-8H2,(H,13,14). The molecule has 0 bridgehead atoms. The lowest BCUT2D eigenvalue weighted by molar-refractivity contribution is -0.138. The van der Waals surface area contributed by atoms with E-state index in [1.165, 1.54) is 0 Å². The van der Waals surface area contributed by atoms with Gasteiger partial charge in [-0.2, -0.15) is 0 Å². The molecule has 1 unspecified atom stereocenters. The van der Waals surface area contributed by atoms with Crippen molar-refractivity contribution in [2.24, 2.45) is 0 Å². The van der Waals surface area contributed by atoms with Gasteiger partial charge in [-0.3, -0.25) is 14.6 Å². The molecule has 2 saturated heterocycles. The van der Waals surface area contributed by atoms with Gasteiger partial charge in [0.25, 0.3) is 0 Å². The number of carboxylic acid groups (broad SMARTS) is 1. The molecular weight excluding hydrogens is 244 g/mol. The van der Waals surface area contributed by atoms with Gasteiger partial charge in [0.15, 0.2) is 9.84 Å². The Bertz CT molecular complexity index is 387. The summed E-state index contributed by atoms with van der Waals surface area (Å²) in [5.41, 5.74) is 0. The highest BCUT2D eigenvalue weighted by Gasteiger charge is 2.33. The van der Waals surface area contributed by atoms with Gasteiger partial charge in [0, 0.05) is 32.2 Å². The van der Waals surface area contributed by atoms with Crippen LogP contribution in [0, 0.1) is 0 Å². The van der Waals surface area contributed by atoms with Crippen LogP contribution in [0.2, 0.25) is 0 Å².